The molecule has 5 saturated carbocycles. The molecule has 0 bridgehead atoms. The Balaban J connectivity index is 1.54. The molecular weight excluding hydrogens is 376 g/mol. The van der Waals surface area contributed by atoms with Crippen LogP contribution < -0.4 is 0 Å². The van der Waals surface area contributed by atoms with Gasteiger partial charge >= 0.3 is 0 Å². The first-order valence-electron chi connectivity index (χ1n) is 13.7. The summed E-state index contributed by atoms with van der Waals surface area (Å²) >= 11 is 0. The molecule has 0 spiro atoms. The van der Waals surface area contributed by atoms with Gasteiger partial charge in [0.1, 0.15) is 0 Å². The van der Waals surface area contributed by atoms with Crippen molar-refractivity contribution < 1.29 is 5.11 Å². The van der Waals surface area contributed by atoms with Crippen LogP contribution in [-0.2, 0) is 0 Å². The molecule has 0 unspecified atom stereocenters. The number of hydrogen-bond donors (Lipinski definition) is 1. The molecule has 0 aromatic rings. The van der Waals surface area contributed by atoms with Crippen LogP contribution in [0.25, 0.3) is 0 Å². The molecule has 1 heteroatoms. The highest BCUT2D eigenvalue weighted by molar-refractivity contribution is 5.21. The number of allylic oxidation sites excluding steroid dienone is 1. The Hall–Kier alpha value is -0.300. The van der Waals surface area contributed by atoms with Crippen LogP contribution in [-0.4, -0.2) is 11.2 Å². The van der Waals surface area contributed by atoms with Gasteiger partial charge in [0.2, 0.25) is 0 Å². The summed E-state index contributed by atoms with van der Waals surface area (Å²) in [6.07, 6.45) is 13.2. The fraction of sp³-hybridized carbons (Fsp3) is 0.933. The van der Waals surface area contributed by atoms with E-state index in [-0.39, 0.29) is 11.5 Å². The minimum absolute atomic E-state index is 0.0623. The van der Waals surface area contributed by atoms with E-state index in [4.69, 9.17) is 0 Å². The molecule has 5 fully saturated rings. The third kappa shape index (κ3) is 2.65. The van der Waals surface area contributed by atoms with Crippen LogP contribution >= 0.6 is 0 Å². The lowest BCUT2D eigenvalue weighted by molar-refractivity contribution is -0.251. The molecule has 5 rings (SSSR count). The van der Waals surface area contributed by atoms with E-state index < -0.39 is 0 Å². The van der Waals surface area contributed by atoms with Crippen LogP contribution in [0.5, 0.6) is 0 Å². The smallest absolute Gasteiger partial charge is 0.0594 e. The molecular formula is C30H50O. The summed E-state index contributed by atoms with van der Waals surface area (Å²) < 4.78 is 0. The number of aliphatic hydroxyl groups is 1. The van der Waals surface area contributed by atoms with Crippen molar-refractivity contribution in [2.75, 3.05) is 0 Å². The molecule has 0 aromatic carbocycles. The van der Waals surface area contributed by atoms with Crippen molar-refractivity contribution in [2.45, 2.75) is 119 Å². The predicted molar refractivity (Wildman–Crippen MR) is 131 cm³/mol. The van der Waals surface area contributed by atoms with Gasteiger partial charge in [-0.15, -0.1) is 0 Å². The lowest BCUT2D eigenvalue weighted by atomic mass is 9.31. The van der Waals surface area contributed by atoms with Gasteiger partial charge in [-0.05, 0) is 121 Å². The second-order valence-corrected chi connectivity index (χ2v) is 14.7. The molecule has 176 valence electrons. The molecule has 10 atom stereocenters. The van der Waals surface area contributed by atoms with E-state index in [1.807, 2.05) is 0 Å². The SMILES string of the molecule is C=C1CC[C@]2(C)CC[C@]3(C)[C@H](CC[C@@H]4[C@@]5(C)CC[C@H](O)C(C)(C)[C@H]5CC[C@]43C)[C@@H]2[C@@H]1C. The van der Waals surface area contributed by atoms with Gasteiger partial charge in [-0.25, -0.2) is 0 Å². The average Bonchev–Trinajstić information content (AvgIpc) is 2.69. The van der Waals surface area contributed by atoms with Gasteiger partial charge in [-0.1, -0.05) is 60.6 Å². The maximum Gasteiger partial charge on any atom is 0.0594 e. The Morgan fingerprint density at radius 1 is 0.774 bits per heavy atom. The van der Waals surface area contributed by atoms with Gasteiger partial charge in [0.15, 0.2) is 0 Å². The first-order valence-corrected chi connectivity index (χ1v) is 13.7. The van der Waals surface area contributed by atoms with Crippen molar-refractivity contribution in [1.82, 2.24) is 0 Å². The Morgan fingerprint density at radius 3 is 2.19 bits per heavy atom. The fourth-order valence-electron chi connectivity index (χ4n) is 11.4. The molecule has 0 aromatic heterocycles. The molecule has 1 N–H and O–H groups in total. The largest absolute Gasteiger partial charge is 0.393 e. The normalized spacial score (nSPS) is 58.5. The summed E-state index contributed by atoms with van der Waals surface area (Å²) in [5, 5.41) is 10.9. The van der Waals surface area contributed by atoms with E-state index in [9.17, 15) is 5.11 Å². The lowest BCUT2D eigenvalue weighted by Gasteiger charge is -2.73. The van der Waals surface area contributed by atoms with Crippen molar-refractivity contribution in [3.05, 3.63) is 12.2 Å². The van der Waals surface area contributed by atoms with Crippen LogP contribution in [0.15, 0.2) is 12.2 Å². The Labute approximate surface area is 192 Å². The molecule has 0 saturated heterocycles. The van der Waals surface area contributed by atoms with Crippen LogP contribution in [0.1, 0.15) is 113 Å². The van der Waals surface area contributed by atoms with Gasteiger partial charge in [0, 0.05) is 0 Å². The van der Waals surface area contributed by atoms with Gasteiger partial charge in [0.05, 0.1) is 6.10 Å². The second kappa shape index (κ2) is 6.64. The molecule has 0 heterocycles. The molecule has 31 heavy (non-hydrogen) atoms. The number of aliphatic hydroxyl groups excluding tert-OH is 1. The van der Waals surface area contributed by atoms with Gasteiger partial charge < -0.3 is 5.11 Å². The highest BCUT2D eigenvalue weighted by Crippen LogP contribution is 2.76. The minimum Gasteiger partial charge on any atom is -0.393 e. The summed E-state index contributed by atoms with van der Waals surface area (Å²) in [7, 11) is 0. The molecule has 0 amide bonds. The second-order valence-electron chi connectivity index (χ2n) is 14.7. The Morgan fingerprint density at radius 2 is 1.48 bits per heavy atom. The Kier molecular flexibility index (Phi) is 4.82. The highest BCUT2D eigenvalue weighted by atomic mass is 16.3. The van der Waals surface area contributed by atoms with E-state index in [1.165, 1.54) is 63.4 Å². The van der Waals surface area contributed by atoms with Gasteiger partial charge in [-0.2, -0.15) is 0 Å². The molecule has 5 aliphatic carbocycles. The van der Waals surface area contributed by atoms with Gasteiger partial charge in [-0.3, -0.25) is 0 Å². The van der Waals surface area contributed by atoms with Crippen LogP contribution in [0.3, 0.4) is 0 Å². The van der Waals surface area contributed by atoms with Crippen molar-refractivity contribution in [3.8, 4) is 0 Å². The minimum atomic E-state index is -0.119. The molecule has 1 nitrogen and oxygen atoms in total. The van der Waals surface area contributed by atoms with E-state index in [0.717, 1.165) is 24.2 Å². The first-order chi connectivity index (χ1) is 14.3. The zero-order valence-corrected chi connectivity index (χ0v) is 21.7. The fourth-order valence-corrected chi connectivity index (χ4v) is 11.4. The summed E-state index contributed by atoms with van der Waals surface area (Å²) in [6, 6.07) is 0. The number of hydrogen-bond acceptors (Lipinski definition) is 1. The van der Waals surface area contributed by atoms with Crippen molar-refractivity contribution in [1.29, 1.82) is 0 Å². The van der Waals surface area contributed by atoms with Crippen molar-refractivity contribution in [2.24, 2.45) is 56.7 Å². The number of fused-ring (bicyclic) bond motifs is 7. The summed E-state index contributed by atoms with van der Waals surface area (Å²) in [5.74, 6) is 3.88. The molecule has 0 radical (unpaired) electrons. The quantitative estimate of drug-likeness (QED) is 0.389. The third-order valence-electron chi connectivity index (χ3n) is 13.6. The molecule has 5 aliphatic rings. The monoisotopic (exact) mass is 426 g/mol. The van der Waals surface area contributed by atoms with Crippen LogP contribution in [0.2, 0.25) is 0 Å². The maximum atomic E-state index is 10.9. The zero-order valence-electron chi connectivity index (χ0n) is 21.7. The zero-order chi connectivity index (χ0) is 22.6. The lowest BCUT2D eigenvalue weighted by Crippen LogP contribution is -2.67. The van der Waals surface area contributed by atoms with Gasteiger partial charge in [0.25, 0.3) is 0 Å². The molecule has 0 aliphatic heterocycles. The standard InChI is InChI=1S/C30H50O/c1-19-11-14-27(5)17-18-29(7)21(25(27)20(19)2)9-10-23-28(6)15-13-24(31)26(3,4)22(28)12-16-30(23,29)8/h20-25,31H,1,9-18H2,2-8H3/t20-,21-,22-,23-,24+,25+,27-,28+,29-,30-/m1/s1. The van der Waals surface area contributed by atoms with Crippen molar-refractivity contribution >= 4 is 0 Å². The topological polar surface area (TPSA) is 20.2 Å². The van der Waals surface area contributed by atoms with E-state index in [1.54, 1.807) is 0 Å². The van der Waals surface area contributed by atoms with Crippen molar-refractivity contribution in [3.63, 3.8) is 0 Å². The predicted octanol–water partition coefficient (Wildman–Crippen LogP) is 8.02. The summed E-state index contributed by atoms with van der Waals surface area (Å²) in [4.78, 5) is 0. The van der Waals surface area contributed by atoms with E-state index in [2.05, 4.69) is 55.0 Å². The van der Waals surface area contributed by atoms with Crippen LogP contribution in [0, 0.1) is 56.7 Å². The highest BCUT2D eigenvalue weighted by Gasteiger charge is 2.69. The Bertz CT molecular complexity index is 766. The van der Waals surface area contributed by atoms with E-state index >= 15 is 0 Å². The van der Waals surface area contributed by atoms with E-state index in [0.29, 0.717) is 33.5 Å². The summed E-state index contributed by atoms with van der Waals surface area (Å²) in [6.45, 7) is 22.6. The number of rotatable bonds is 0. The summed E-state index contributed by atoms with van der Waals surface area (Å²) in [5.41, 5.74) is 3.43. The average molecular weight is 427 g/mol. The first kappa shape index (κ1) is 22.5. The third-order valence-corrected chi connectivity index (χ3v) is 13.6. The van der Waals surface area contributed by atoms with Crippen LogP contribution in [0.4, 0.5) is 0 Å². The maximum absolute atomic E-state index is 10.9.